The van der Waals surface area contributed by atoms with Gasteiger partial charge in [-0.05, 0) is 63.8 Å². The van der Waals surface area contributed by atoms with E-state index in [0.29, 0.717) is 47.8 Å². The van der Waals surface area contributed by atoms with Crippen molar-refractivity contribution in [1.29, 1.82) is 0 Å². The number of piperidine rings is 1. The fourth-order valence-corrected chi connectivity index (χ4v) is 3.58. The second-order valence-electron chi connectivity index (χ2n) is 8.00. The van der Waals surface area contributed by atoms with Gasteiger partial charge in [0, 0.05) is 37.1 Å². The Bertz CT molecular complexity index is 669. The molecular formula is C20H28F2N2O3S. The van der Waals surface area contributed by atoms with Gasteiger partial charge in [-0.3, -0.25) is 4.79 Å². The van der Waals surface area contributed by atoms with Gasteiger partial charge in [-0.1, -0.05) is 11.8 Å². The van der Waals surface area contributed by atoms with Crippen LogP contribution in [0, 0.1) is 5.92 Å². The summed E-state index contributed by atoms with van der Waals surface area (Å²) < 4.78 is 30.1. The molecule has 0 bridgehead atoms. The van der Waals surface area contributed by atoms with Crippen LogP contribution in [-0.4, -0.2) is 59.8 Å². The maximum absolute atomic E-state index is 12.6. The number of ether oxygens (including phenoxy) is 1. The van der Waals surface area contributed by atoms with E-state index in [2.05, 4.69) is 0 Å². The van der Waals surface area contributed by atoms with Crippen LogP contribution in [0.5, 0.6) is 0 Å². The fourth-order valence-electron chi connectivity index (χ4n) is 3.08. The highest BCUT2D eigenvalue weighted by Gasteiger charge is 2.27. The number of thioether (sulfide) groups is 1. The first-order chi connectivity index (χ1) is 13.0. The molecule has 1 saturated heterocycles. The molecule has 28 heavy (non-hydrogen) atoms. The van der Waals surface area contributed by atoms with Crippen molar-refractivity contribution < 1.29 is 23.1 Å². The zero-order valence-electron chi connectivity index (χ0n) is 16.8. The molecule has 8 heteroatoms. The van der Waals surface area contributed by atoms with Crippen molar-refractivity contribution in [2.75, 3.05) is 26.7 Å². The van der Waals surface area contributed by atoms with E-state index < -0.39 is 11.4 Å². The van der Waals surface area contributed by atoms with E-state index in [-0.39, 0.29) is 12.0 Å². The minimum Gasteiger partial charge on any atom is -0.444 e. The normalized spacial score (nSPS) is 15.6. The molecule has 1 aliphatic rings. The van der Waals surface area contributed by atoms with Gasteiger partial charge in [0.15, 0.2) is 0 Å². The van der Waals surface area contributed by atoms with Crippen molar-refractivity contribution in [3.63, 3.8) is 0 Å². The number of benzene rings is 1. The third-order valence-corrected chi connectivity index (χ3v) is 5.19. The Kier molecular flexibility index (Phi) is 7.69. The van der Waals surface area contributed by atoms with E-state index in [0.717, 1.165) is 12.8 Å². The Labute approximate surface area is 169 Å². The molecule has 1 heterocycles. The zero-order chi connectivity index (χ0) is 20.9. The van der Waals surface area contributed by atoms with Gasteiger partial charge in [0.05, 0.1) is 0 Å². The van der Waals surface area contributed by atoms with Gasteiger partial charge < -0.3 is 14.5 Å². The van der Waals surface area contributed by atoms with Crippen LogP contribution in [0.25, 0.3) is 0 Å². The number of nitrogens with zero attached hydrogens (tertiary/aromatic N) is 2. The standard InChI is InChI=1S/C20H28F2N2O3S/c1-20(2,3)27-19(26)23(4)13-14-9-11-24(12-10-14)17(25)15-5-7-16(8-6-15)28-18(21)22/h5-8,14,18H,9-13H2,1-4H3. The van der Waals surface area contributed by atoms with E-state index in [9.17, 15) is 18.4 Å². The molecule has 0 N–H and O–H groups in total. The summed E-state index contributed by atoms with van der Waals surface area (Å²) in [6, 6.07) is 6.28. The lowest BCUT2D eigenvalue weighted by molar-refractivity contribution is 0.0246. The molecule has 2 rings (SSSR count). The summed E-state index contributed by atoms with van der Waals surface area (Å²) in [6.07, 6.45) is 1.27. The number of hydrogen-bond donors (Lipinski definition) is 0. The van der Waals surface area contributed by atoms with E-state index in [1.807, 2.05) is 20.8 Å². The molecule has 0 unspecified atom stereocenters. The van der Waals surface area contributed by atoms with Crippen LogP contribution in [0.15, 0.2) is 29.2 Å². The predicted octanol–water partition coefficient (Wildman–Crippen LogP) is 4.72. The minimum atomic E-state index is -2.47. The topological polar surface area (TPSA) is 49.9 Å². The van der Waals surface area contributed by atoms with E-state index in [4.69, 9.17) is 4.74 Å². The van der Waals surface area contributed by atoms with Crippen molar-refractivity contribution in [2.24, 2.45) is 5.92 Å². The van der Waals surface area contributed by atoms with Crippen LogP contribution in [0.3, 0.4) is 0 Å². The van der Waals surface area contributed by atoms with E-state index in [1.54, 1.807) is 41.1 Å². The van der Waals surface area contributed by atoms with E-state index >= 15 is 0 Å². The van der Waals surface area contributed by atoms with Crippen molar-refractivity contribution in [3.05, 3.63) is 29.8 Å². The third kappa shape index (κ3) is 6.96. The second-order valence-corrected chi connectivity index (χ2v) is 9.06. The summed E-state index contributed by atoms with van der Waals surface area (Å²) in [5.74, 6) is -2.25. The first-order valence-corrected chi connectivity index (χ1v) is 10.2. The summed E-state index contributed by atoms with van der Waals surface area (Å²) >= 11 is 0.465. The molecule has 1 fully saturated rings. The Morgan fingerprint density at radius 3 is 2.29 bits per heavy atom. The van der Waals surface area contributed by atoms with Crippen LogP contribution in [-0.2, 0) is 4.74 Å². The maximum atomic E-state index is 12.6. The fraction of sp³-hybridized carbons (Fsp3) is 0.600. The van der Waals surface area contributed by atoms with Crippen molar-refractivity contribution >= 4 is 23.8 Å². The average Bonchev–Trinajstić information content (AvgIpc) is 2.60. The second kappa shape index (κ2) is 9.58. The molecule has 156 valence electrons. The number of hydrogen-bond acceptors (Lipinski definition) is 4. The number of amides is 2. The molecule has 5 nitrogen and oxygen atoms in total. The molecule has 0 radical (unpaired) electrons. The van der Waals surface area contributed by atoms with Crippen LogP contribution >= 0.6 is 11.8 Å². The zero-order valence-corrected chi connectivity index (χ0v) is 17.6. The highest BCUT2D eigenvalue weighted by atomic mass is 32.2. The minimum absolute atomic E-state index is 0.0902. The van der Waals surface area contributed by atoms with Crippen LogP contribution < -0.4 is 0 Å². The Balaban J connectivity index is 1.82. The van der Waals surface area contributed by atoms with Gasteiger partial charge in [0.25, 0.3) is 11.7 Å². The SMILES string of the molecule is CN(CC1CCN(C(=O)c2ccc(SC(F)F)cc2)CC1)C(=O)OC(C)(C)C. The third-order valence-electron chi connectivity index (χ3n) is 4.47. The highest BCUT2D eigenvalue weighted by molar-refractivity contribution is 7.99. The molecule has 1 aromatic carbocycles. The average molecular weight is 415 g/mol. The number of carbonyl (C=O) groups excluding carboxylic acids is 2. The monoisotopic (exact) mass is 414 g/mol. The van der Waals surface area contributed by atoms with Gasteiger partial charge in [-0.25, -0.2) is 4.79 Å². The van der Waals surface area contributed by atoms with Crippen LogP contribution in [0.2, 0.25) is 0 Å². The molecule has 0 aromatic heterocycles. The van der Waals surface area contributed by atoms with E-state index in [1.165, 1.54) is 0 Å². The summed E-state index contributed by atoms with van der Waals surface area (Å²) in [5, 5.41) is 0. The highest BCUT2D eigenvalue weighted by Crippen LogP contribution is 2.26. The molecule has 0 saturated carbocycles. The van der Waals surface area contributed by atoms with Gasteiger partial charge in [0.1, 0.15) is 5.60 Å². The quantitative estimate of drug-likeness (QED) is 0.654. The lowest BCUT2D eigenvalue weighted by Crippen LogP contribution is -2.43. The number of alkyl halides is 2. The largest absolute Gasteiger partial charge is 0.444 e. The van der Waals surface area contributed by atoms with Crippen molar-refractivity contribution in [3.8, 4) is 0 Å². The van der Waals surface area contributed by atoms with Crippen molar-refractivity contribution in [1.82, 2.24) is 9.80 Å². The molecule has 2 amide bonds. The molecule has 0 aliphatic carbocycles. The van der Waals surface area contributed by atoms with Gasteiger partial charge in [-0.15, -0.1) is 0 Å². The number of rotatable bonds is 5. The lowest BCUT2D eigenvalue weighted by atomic mass is 9.96. The Morgan fingerprint density at radius 1 is 1.21 bits per heavy atom. The molecule has 0 atom stereocenters. The first-order valence-electron chi connectivity index (χ1n) is 9.33. The summed E-state index contributed by atoms with van der Waals surface area (Å²) in [4.78, 5) is 28.5. The molecule has 1 aliphatic heterocycles. The smallest absolute Gasteiger partial charge is 0.410 e. The summed E-state index contributed by atoms with van der Waals surface area (Å²) in [6.45, 7) is 7.32. The van der Waals surface area contributed by atoms with Crippen LogP contribution in [0.4, 0.5) is 13.6 Å². The lowest BCUT2D eigenvalue weighted by Gasteiger charge is -2.34. The summed E-state index contributed by atoms with van der Waals surface area (Å²) in [5.41, 5.74) is -0.0206. The maximum Gasteiger partial charge on any atom is 0.410 e. The van der Waals surface area contributed by atoms with Gasteiger partial charge in [-0.2, -0.15) is 8.78 Å². The number of halogens is 2. The number of likely N-dealkylation sites (tertiary alicyclic amines) is 1. The number of carbonyl (C=O) groups is 2. The molecule has 1 aromatic rings. The van der Waals surface area contributed by atoms with Gasteiger partial charge >= 0.3 is 6.09 Å². The Hall–Kier alpha value is -1.83. The Morgan fingerprint density at radius 2 is 1.79 bits per heavy atom. The van der Waals surface area contributed by atoms with Gasteiger partial charge in [0.2, 0.25) is 0 Å². The molecular weight excluding hydrogens is 386 g/mol. The first kappa shape index (κ1) is 22.5. The summed E-state index contributed by atoms with van der Waals surface area (Å²) in [7, 11) is 1.73. The van der Waals surface area contributed by atoms with Crippen LogP contribution in [0.1, 0.15) is 44.0 Å². The molecule has 0 spiro atoms. The van der Waals surface area contributed by atoms with Crippen molar-refractivity contribution in [2.45, 2.75) is 49.9 Å². The predicted molar refractivity (Wildman–Crippen MR) is 106 cm³/mol.